The molecule has 42 heavy (non-hydrogen) atoms. The zero-order valence-electron chi connectivity index (χ0n) is 23.8. The number of ketones is 1. The quantitative estimate of drug-likeness (QED) is 0.119. The zero-order chi connectivity index (χ0) is 30.6. The van der Waals surface area contributed by atoms with Gasteiger partial charge in [0.05, 0.1) is 60.3 Å². The third kappa shape index (κ3) is 5.39. The Bertz CT molecular complexity index is 1580. The maximum absolute atomic E-state index is 13.8. The van der Waals surface area contributed by atoms with Crippen molar-refractivity contribution in [2.75, 3.05) is 27.4 Å². The summed E-state index contributed by atoms with van der Waals surface area (Å²) in [5.41, 5.74) is -1.41. The number of aromatic amines is 1. The molecule has 224 valence electrons. The van der Waals surface area contributed by atoms with Crippen LogP contribution in [0.25, 0.3) is 10.9 Å². The molecule has 0 radical (unpaired) electrons. The van der Waals surface area contributed by atoms with Gasteiger partial charge in [0, 0.05) is 0 Å². The number of hydrogen-bond acceptors (Lipinski definition) is 11. The van der Waals surface area contributed by atoms with E-state index in [-0.39, 0.29) is 69.8 Å². The number of carbonyl (C=O) groups excluding carboxylic acids is 1. The number of hydrogen-bond donors (Lipinski definition) is 2. The number of aliphatic imine (C=N–C) groups is 1. The fourth-order valence-electron chi connectivity index (χ4n) is 4.78. The molecule has 4 rings (SSSR count). The number of aromatic hydroxyl groups is 1. The predicted molar refractivity (Wildman–Crippen MR) is 153 cm³/mol. The van der Waals surface area contributed by atoms with E-state index in [4.69, 9.17) is 18.9 Å². The first-order valence-electron chi connectivity index (χ1n) is 13.6. The minimum absolute atomic E-state index is 0.000585. The van der Waals surface area contributed by atoms with E-state index in [9.17, 15) is 30.1 Å². The molecule has 0 unspecified atom stereocenters. The average molecular weight is 585 g/mol. The summed E-state index contributed by atoms with van der Waals surface area (Å²) in [5, 5.41) is 35.2. The Kier molecular flexibility index (Phi) is 9.13. The Balaban J connectivity index is 1.89. The number of methoxy groups -OCH3 is 2. The van der Waals surface area contributed by atoms with Crippen LogP contribution in [-0.2, 0) is 0 Å². The number of carbonyl (C=O) groups is 1. The lowest BCUT2D eigenvalue weighted by molar-refractivity contribution is -0.386. The number of Topliss-reactive ketones (excluding diaryl/α,β-unsaturated/α-hetero) is 1. The molecule has 0 aliphatic carbocycles. The van der Waals surface area contributed by atoms with Gasteiger partial charge in [-0.05, 0) is 12.8 Å². The van der Waals surface area contributed by atoms with Gasteiger partial charge < -0.3 is 29.0 Å². The van der Waals surface area contributed by atoms with Crippen LogP contribution in [-0.4, -0.2) is 58.9 Å². The molecule has 1 aromatic heterocycles. The number of unbranched alkanes of at least 4 members (excludes halogenated alkanes) is 4. The van der Waals surface area contributed by atoms with E-state index in [2.05, 4.69) is 9.98 Å². The van der Waals surface area contributed by atoms with Crippen LogP contribution in [0.15, 0.2) is 17.1 Å². The van der Waals surface area contributed by atoms with Gasteiger partial charge in [0.25, 0.3) is 0 Å². The topological polar surface area (TPSA) is 189 Å². The van der Waals surface area contributed by atoms with Gasteiger partial charge in [-0.2, -0.15) is 0 Å². The van der Waals surface area contributed by atoms with Crippen LogP contribution in [0.1, 0.15) is 68.4 Å². The number of ether oxygens (including phenoxy) is 4. The first-order chi connectivity index (χ1) is 20.2. The minimum Gasteiger partial charge on any atom is -0.505 e. The number of fused-ring (bicyclic) bond motifs is 2. The summed E-state index contributed by atoms with van der Waals surface area (Å²) in [5.74, 6) is -1.75. The van der Waals surface area contributed by atoms with Crippen LogP contribution in [0.5, 0.6) is 28.7 Å². The van der Waals surface area contributed by atoms with Crippen molar-refractivity contribution in [1.82, 2.24) is 4.98 Å². The first kappa shape index (κ1) is 30.1. The van der Waals surface area contributed by atoms with E-state index < -0.39 is 32.8 Å². The van der Waals surface area contributed by atoms with E-state index in [1.165, 1.54) is 20.3 Å². The van der Waals surface area contributed by atoms with E-state index >= 15 is 0 Å². The highest BCUT2D eigenvalue weighted by molar-refractivity contribution is 6.56. The highest BCUT2D eigenvalue weighted by atomic mass is 16.6. The number of nitro groups is 2. The van der Waals surface area contributed by atoms with Gasteiger partial charge in [-0.25, -0.2) is 4.99 Å². The van der Waals surface area contributed by atoms with Gasteiger partial charge in [-0.3, -0.25) is 25.0 Å². The van der Waals surface area contributed by atoms with Crippen molar-refractivity contribution in [2.45, 2.75) is 52.4 Å². The van der Waals surface area contributed by atoms with Crippen LogP contribution < -0.4 is 18.9 Å². The number of nitro benzene ring substituents is 2. The third-order valence-electron chi connectivity index (χ3n) is 6.87. The fraction of sp³-hybridized carbons (Fsp3) is 0.429. The summed E-state index contributed by atoms with van der Waals surface area (Å²) in [6.07, 6.45) is 4.68. The number of H-pyrrole nitrogens is 1. The highest BCUT2D eigenvalue weighted by Gasteiger charge is 2.40. The second kappa shape index (κ2) is 12.7. The molecule has 1 aliphatic rings. The third-order valence-corrected chi connectivity index (χ3v) is 6.87. The average Bonchev–Trinajstić information content (AvgIpc) is 3.49. The second-order valence-corrected chi connectivity index (χ2v) is 9.59. The number of nitrogens with one attached hydrogen (secondary N) is 1. The number of aromatic nitrogens is 1. The van der Waals surface area contributed by atoms with Gasteiger partial charge in [-0.1, -0.05) is 39.5 Å². The van der Waals surface area contributed by atoms with Crippen molar-refractivity contribution in [1.29, 1.82) is 0 Å². The minimum atomic E-state index is -0.766. The molecule has 3 aromatic rings. The van der Waals surface area contributed by atoms with Crippen LogP contribution >= 0.6 is 0 Å². The first-order valence-corrected chi connectivity index (χ1v) is 13.6. The molecule has 0 bridgehead atoms. The molecule has 0 atom stereocenters. The molecular formula is C28H32N4O10. The number of nitrogens with zero attached hydrogens (tertiary/aromatic N) is 3. The Hall–Kier alpha value is -4.88. The summed E-state index contributed by atoms with van der Waals surface area (Å²) < 4.78 is 22.3. The van der Waals surface area contributed by atoms with E-state index in [1.54, 1.807) is 0 Å². The molecule has 14 nitrogen and oxygen atoms in total. The SMILES string of the molecule is CCCCCOc1c([N+](=O)[O-])cc(OC)c2c1C(=O)C(c1[nH]c3c(OC)cc([N+](=O)[O-])c(OCCCCC)c3c1O)=N2. The molecular weight excluding hydrogens is 552 g/mol. The molecule has 0 amide bonds. The zero-order valence-corrected chi connectivity index (χ0v) is 23.8. The standard InChI is InChI=1S/C28H32N4O10/c1-5-7-9-11-41-27-15(31(35)36)13-17(39-3)21-19(27)25(33)23(29-21)24-26(34)20-22(30-24)18(40-4)14-16(32(37)38)28(20)42-12-10-8-6-2/h13-14,29,33H,5-12H2,1-4H3. The molecule has 2 N–H and O–H groups in total. The molecule has 0 fully saturated rings. The predicted octanol–water partition coefficient (Wildman–Crippen LogP) is 6.16. The molecule has 14 heteroatoms. The van der Waals surface area contributed by atoms with Crippen LogP contribution in [0, 0.1) is 20.2 Å². The number of rotatable bonds is 15. The summed E-state index contributed by atoms with van der Waals surface area (Å²) >= 11 is 0. The Morgan fingerprint density at radius 1 is 0.881 bits per heavy atom. The molecule has 0 saturated carbocycles. The van der Waals surface area contributed by atoms with Crippen LogP contribution in [0.3, 0.4) is 0 Å². The highest BCUT2D eigenvalue weighted by Crippen LogP contribution is 2.51. The Labute approximate surface area is 240 Å². The molecule has 1 aliphatic heterocycles. The lowest BCUT2D eigenvalue weighted by Crippen LogP contribution is -2.14. The second-order valence-electron chi connectivity index (χ2n) is 9.59. The lowest BCUT2D eigenvalue weighted by atomic mass is 10.0. The smallest absolute Gasteiger partial charge is 0.315 e. The van der Waals surface area contributed by atoms with Gasteiger partial charge in [0.15, 0.2) is 11.5 Å². The van der Waals surface area contributed by atoms with E-state index in [1.807, 2.05) is 13.8 Å². The summed E-state index contributed by atoms with van der Waals surface area (Å²) in [7, 11) is 2.59. The van der Waals surface area contributed by atoms with Gasteiger partial charge in [0.1, 0.15) is 28.4 Å². The van der Waals surface area contributed by atoms with Gasteiger partial charge >= 0.3 is 11.4 Å². The van der Waals surface area contributed by atoms with Crippen molar-refractivity contribution in [2.24, 2.45) is 4.99 Å². The van der Waals surface area contributed by atoms with Gasteiger partial charge in [0.2, 0.25) is 17.3 Å². The normalized spacial score (nSPS) is 12.3. The van der Waals surface area contributed by atoms with E-state index in [0.29, 0.717) is 12.8 Å². The molecule has 2 heterocycles. The lowest BCUT2D eigenvalue weighted by Gasteiger charge is -2.12. The number of benzene rings is 2. The van der Waals surface area contributed by atoms with Gasteiger partial charge in [-0.15, -0.1) is 0 Å². The Morgan fingerprint density at radius 2 is 1.43 bits per heavy atom. The monoisotopic (exact) mass is 584 g/mol. The maximum Gasteiger partial charge on any atom is 0.315 e. The van der Waals surface area contributed by atoms with Crippen molar-refractivity contribution in [3.63, 3.8) is 0 Å². The van der Waals surface area contributed by atoms with Crippen molar-refractivity contribution >= 4 is 39.5 Å². The Morgan fingerprint density at radius 3 is 1.98 bits per heavy atom. The molecule has 0 saturated heterocycles. The van der Waals surface area contributed by atoms with Crippen molar-refractivity contribution in [3.05, 3.63) is 43.6 Å². The summed E-state index contributed by atoms with van der Waals surface area (Å²) in [4.78, 5) is 43.7. The largest absolute Gasteiger partial charge is 0.505 e. The van der Waals surface area contributed by atoms with E-state index in [0.717, 1.165) is 31.7 Å². The fourth-order valence-corrected chi connectivity index (χ4v) is 4.78. The molecule has 0 spiro atoms. The molecule has 2 aromatic carbocycles. The van der Waals surface area contributed by atoms with Crippen molar-refractivity contribution < 1.29 is 38.7 Å². The maximum atomic E-state index is 13.8. The van der Waals surface area contributed by atoms with Crippen molar-refractivity contribution in [3.8, 4) is 28.7 Å². The van der Waals surface area contributed by atoms with Crippen LogP contribution in [0.2, 0.25) is 0 Å². The summed E-state index contributed by atoms with van der Waals surface area (Å²) in [6, 6.07) is 2.30. The summed E-state index contributed by atoms with van der Waals surface area (Å²) in [6.45, 7) is 4.28. The van der Waals surface area contributed by atoms with Crippen LogP contribution in [0.4, 0.5) is 17.1 Å².